The van der Waals surface area contributed by atoms with E-state index < -0.39 is 0 Å². The molecule has 370 valence electrons. The van der Waals surface area contributed by atoms with E-state index in [0.717, 1.165) is 143 Å². The van der Waals surface area contributed by atoms with Crippen LogP contribution in [0.15, 0.2) is 0 Å². The topological polar surface area (TPSA) is 6.48 Å². The lowest BCUT2D eigenvalue weighted by atomic mass is 9.45. The minimum absolute atomic E-state index is 0.937. The summed E-state index contributed by atoms with van der Waals surface area (Å²) in [6.45, 7) is 0. The van der Waals surface area contributed by atoms with Crippen LogP contribution in [0.2, 0.25) is 0 Å². The molecule has 14 rings (SSSR count). The van der Waals surface area contributed by atoms with Gasteiger partial charge in [0.05, 0.1) is 0 Å². The zero-order chi connectivity index (χ0) is 43.3. The summed E-state index contributed by atoms with van der Waals surface area (Å²) in [6, 6.07) is 5.68. The molecule has 0 aromatic rings. The molecular weight excluding hydrogens is 797 g/mol. The summed E-state index contributed by atoms with van der Waals surface area (Å²) in [4.78, 5) is 7.48. The predicted molar refractivity (Wildman–Crippen MR) is 274 cm³/mol. The summed E-state index contributed by atoms with van der Waals surface area (Å²) < 4.78 is 0. The molecule has 14 saturated carbocycles. The molecule has 0 aromatic heterocycles. The van der Waals surface area contributed by atoms with Crippen molar-refractivity contribution < 1.29 is 0 Å². The van der Waals surface area contributed by atoms with Gasteiger partial charge in [0, 0.05) is 36.3 Å². The lowest BCUT2D eigenvalue weighted by molar-refractivity contribution is -0.182. The van der Waals surface area contributed by atoms with Crippen LogP contribution in [0, 0.1) is 107 Å². The third-order valence-electron chi connectivity index (χ3n) is 27.0. The summed E-state index contributed by atoms with van der Waals surface area (Å²) in [5.41, 5.74) is 0. The number of nitrogens with zero attached hydrogens (tertiary/aromatic N) is 2. The zero-order valence-electron chi connectivity index (χ0n) is 43.0. The second-order valence-corrected chi connectivity index (χ2v) is 29.0. The fourth-order valence-electron chi connectivity index (χ4n) is 25.1. The van der Waals surface area contributed by atoms with Gasteiger partial charge in [-0.1, -0.05) is 141 Å². The number of fused-ring (bicyclic) bond motifs is 6. The van der Waals surface area contributed by atoms with Crippen molar-refractivity contribution in [2.45, 2.75) is 293 Å². The van der Waals surface area contributed by atoms with Gasteiger partial charge in [0.1, 0.15) is 0 Å². The molecule has 0 N–H and O–H groups in total. The van der Waals surface area contributed by atoms with Crippen LogP contribution in [0.5, 0.6) is 0 Å². The van der Waals surface area contributed by atoms with Gasteiger partial charge < -0.3 is 0 Å². The Balaban J connectivity index is 0.842. The van der Waals surface area contributed by atoms with Crippen LogP contribution in [0.3, 0.4) is 0 Å². The van der Waals surface area contributed by atoms with E-state index >= 15 is 0 Å². The van der Waals surface area contributed by atoms with E-state index in [1.54, 1.807) is 257 Å². The van der Waals surface area contributed by atoms with Gasteiger partial charge in [0.25, 0.3) is 0 Å². The van der Waals surface area contributed by atoms with Crippen LogP contribution in [-0.4, -0.2) is 46.1 Å². The third-order valence-corrected chi connectivity index (χ3v) is 27.0. The van der Waals surface area contributed by atoms with E-state index in [1.165, 1.54) is 0 Å². The van der Waals surface area contributed by atoms with Crippen LogP contribution in [-0.2, 0) is 0 Å². The summed E-state index contributed by atoms with van der Waals surface area (Å²) in [7, 11) is 0. The molecule has 0 bridgehead atoms. The van der Waals surface area contributed by atoms with Gasteiger partial charge in [-0.2, -0.15) is 0 Å². The van der Waals surface area contributed by atoms with Crippen LogP contribution >= 0.6 is 0 Å². The van der Waals surface area contributed by atoms with Crippen molar-refractivity contribution in [3.8, 4) is 0 Å². The number of hydrogen-bond donors (Lipinski definition) is 0. The molecule has 2 heteroatoms. The SMILES string of the molecule is C1CCC2C(C1)CCCC2N(C1CCC2CCC3C4C(CCC1C24)CCC3N(C1CCCC2CCCCC21)C1C2CCCCC2CC2CCCCC21)C1C2CCCCC2CC2CCCCC21. The normalized spacial score (nSPS) is 54.6. The highest BCUT2D eigenvalue weighted by molar-refractivity contribution is 5.14. The fourth-order valence-corrected chi connectivity index (χ4v) is 25.1. The number of rotatable bonds is 6. The lowest BCUT2D eigenvalue weighted by Gasteiger charge is -2.67. The molecule has 0 heterocycles. The highest BCUT2D eigenvalue weighted by Gasteiger charge is 2.62. The third kappa shape index (κ3) is 7.65. The Morgan fingerprint density at radius 2 is 0.470 bits per heavy atom. The molecule has 14 aliphatic carbocycles. The molecular formula is C64H104N2. The average molecular weight is 902 g/mol. The summed E-state index contributed by atoms with van der Waals surface area (Å²) in [5.74, 6) is 19.1. The van der Waals surface area contributed by atoms with Crippen molar-refractivity contribution in [3.05, 3.63) is 0 Å². The van der Waals surface area contributed by atoms with E-state index in [4.69, 9.17) is 0 Å². The fraction of sp³-hybridized carbons (Fsp3) is 1.00. The van der Waals surface area contributed by atoms with Gasteiger partial charge in [0.15, 0.2) is 0 Å². The molecule has 2 nitrogen and oxygen atoms in total. The van der Waals surface area contributed by atoms with Gasteiger partial charge in [-0.3, -0.25) is 9.80 Å². The van der Waals surface area contributed by atoms with Gasteiger partial charge in [-0.05, 0) is 222 Å². The molecule has 0 aromatic carbocycles. The van der Waals surface area contributed by atoms with Crippen LogP contribution in [0.25, 0.3) is 0 Å². The first-order valence-electron chi connectivity index (χ1n) is 32.3. The van der Waals surface area contributed by atoms with Crippen LogP contribution in [0.1, 0.15) is 257 Å². The standard InChI is InChI=1S/C64H104N2/c1-7-23-49-41(15-1)21-13-29-57(49)65(63-51-25-9-3-17-45(51)39-46-18-4-10-26-52(46)63)59-37-33-43-32-36-56-60(38-34-44-31-35-55(59)61(43)62(44)56)66(58-30-14-22-42-16-2-8-24-50(42)58)64-53-27-11-5-19-47(53)40-48-20-6-12-28-54(48)64/h41-64H,1-40H2. The second-order valence-electron chi connectivity index (χ2n) is 29.0. The van der Waals surface area contributed by atoms with Crippen LogP contribution < -0.4 is 0 Å². The maximum Gasteiger partial charge on any atom is 0.0163 e. The Labute approximate surface area is 407 Å². The Morgan fingerprint density at radius 1 is 0.182 bits per heavy atom. The lowest BCUT2D eigenvalue weighted by Crippen LogP contribution is -2.69. The minimum Gasteiger partial charge on any atom is -0.293 e. The first-order chi connectivity index (χ1) is 32.8. The predicted octanol–water partition coefficient (Wildman–Crippen LogP) is 16.7. The second kappa shape index (κ2) is 19.1. The minimum atomic E-state index is 0.937. The maximum absolute atomic E-state index is 3.74. The first kappa shape index (κ1) is 44.6. The highest BCUT2D eigenvalue weighted by Crippen LogP contribution is 2.65. The first-order valence-corrected chi connectivity index (χ1v) is 32.3. The quantitative estimate of drug-likeness (QED) is 0.262. The van der Waals surface area contributed by atoms with Crippen molar-refractivity contribution >= 4 is 0 Å². The molecule has 14 fully saturated rings. The molecule has 0 aliphatic heterocycles. The van der Waals surface area contributed by atoms with Gasteiger partial charge in [-0.25, -0.2) is 0 Å². The molecule has 0 amide bonds. The summed E-state index contributed by atoms with van der Waals surface area (Å²) in [6.07, 6.45) is 63.8. The molecule has 66 heavy (non-hydrogen) atoms. The smallest absolute Gasteiger partial charge is 0.0163 e. The molecule has 0 radical (unpaired) electrons. The van der Waals surface area contributed by atoms with E-state index in [9.17, 15) is 0 Å². The van der Waals surface area contributed by atoms with Crippen LogP contribution in [0.4, 0.5) is 0 Å². The van der Waals surface area contributed by atoms with Crippen molar-refractivity contribution in [3.63, 3.8) is 0 Å². The largest absolute Gasteiger partial charge is 0.293 e. The monoisotopic (exact) mass is 901 g/mol. The molecule has 0 spiro atoms. The van der Waals surface area contributed by atoms with Crippen molar-refractivity contribution in [2.24, 2.45) is 107 Å². The van der Waals surface area contributed by atoms with E-state index in [2.05, 4.69) is 9.80 Å². The maximum atomic E-state index is 3.74. The summed E-state index contributed by atoms with van der Waals surface area (Å²) >= 11 is 0. The Bertz CT molecular complexity index is 1470. The Kier molecular flexibility index (Phi) is 12.9. The molecule has 22 unspecified atom stereocenters. The van der Waals surface area contributed by atoms with E-state index in [0.29, 0.717) is 0 Å². The molecule has 0 saturated heterocycles. The zero-order valence-corrected chi connectivity index (χ0v) is 43.0. The van der Waals surface area contributed by atoms with E-state index in [1.807, 2.05) is 0 Å². The summed E-state index contributed by atoms with van der Waals surface area (Å²) in [5, 5.41) is 0. The van der Waals surface area contributed by atoms with Gasteiger partial charge in [0.2, 0.25) is 0 Å². The van der Waals surface area contributed by atoms with Crippen molar-refractivity contribution in [1.82, 2.24) is 9.80 Å². The Morgan fingerprint density at radius 3 is 0.848 bits per heavy atom. The van der Waals surface area contributed by atoms with E-state index in [-0.39, 0.29) is 0 Å². The highest BCUT2D eigenvalue weighted by atomic mass is 15.3. The van der Waals surface area contributed by atoms with Gasteiger partial charge in [-0.15, -0.1) is 0 Å². The average Bonchev–Trinajstić information content (AvgIpc) is 3.38. The number of hydrogen-bond acceptors (Lipinski definition) is 2. The van der Waals surface area contributed by atoms with Crippen molar-refractivity contribution in [2.75, 3.05) is 0 Å². The molecule has 14 aliphatic rings. The van der Waals surface area contributed by atoms with Crippen molar-refractivity contribution in [1.29, 1.82) is 0 Å². The Hall–Kier alpha value is -0.0800. The molecule has 22 atom stereocenters. The van der Waals surface area contributed by atoms with Gasteiger partial charge >= 0.3 is 0 Å².